The van der Waals surface area contributed by atoms with Crippen LogP contribution in [0.3, 0.4) is 0 Å². The zero-order chi connectivity index (χ0) is 15.6. The molecule has 2 heterocycles. The van der Waals surface area contributed by atoms with Crippen molar-refractivity contribution in [2.24, 2.45) is 7.05 Å². The van der Waals surface area contributed by atoms with Crippen LogP contribution in [0.1, 0.15) is 48.4 Å². The fourth-order valence-electron chi connectivity index (χ4n) is 1.89. The summed E-state index contributed by atoms with van der Waals surface area (Å²) in [6.45, 7) is 5.75. The first-order valence-electron chi connectivity index (χ1n) is 6.84. The number of aromatic amines is 1. The van der Waals surface area contributed by atoms with E-state index in [-0.39, 0.29) is 18.4 Å². The average Bonchev–Trinajstić information content (AvgIpc) is 3.04. The van der Waals surface area contributed by atoms with Crippen LogP contribution in [0.25, 0.3) is 0 Å². The van der Waals surface area contributed by atoms with Crippen LogP contribution in [0.2, 0.25) is 0 Å². The van der Waals surface area contributed by atoms with Crippen LogP contribution in [-0.2, 0) is 12.6 Å². The van der Waals surface area contributed by atoms with Crippen LogP contribution in [0.5, 0.6) is 0 Å². The summed E-state index contributed by atoms with van der Waals surface area (Å²) < 4.78 is 1.61. The lowest BCUT2D eigenvalue weighted by Crippen LogP contribution is -2.38. The van der Waals surface area contributed by atoms with Crippen molar-refractivity contribution in [2.75, 3.05) is 6.54 Å². The fourth-order valence-corrected chi connectivity index (χ4v) is 1.89. The molecule has 114 valence electrons. The predicted octanol–water partition coefficient (Wildman–Crippen LogP) is 0.904. The Bertz CT molecular complexity index is 627. The molecule has 1 unspecified atom stereocenters. The maximum Gasteiger partial charge on any atom is 0.271 e. The number of nitrogens with zero attached hydrogens (tertiary/aromatic N) is 3. The van der Waals surface area contributed by atoms with Crippen molar-refractivity contribution >= 4 is 5.91 Å². The van der Waals surface area contributed by atoms with E-state index in [0.717, 1.165) is 5.69 Å². The normalized spacial score (nSPS) is 14.2. The van der Waals surface area contributed by atoms with Gasteiger partial charge in [0.1, 0.15) is 11.3 Å². The Labute approximate surface area is 123 Å². The Morgan fingerprint density at radius 2 is 2.29 bits per heavy atom. The molecule has 0 bridgehead atoms. The Morgan fingerprint density at radius 3 is 2.81 bits per heavy atom. The van der Waals surface area contributed by atoms with Crippen LogP contribution < -0.4 is 5.32 Å². The number of carbonyl (C=O) groups is 1. The number of hydrogen-bond donors (Lipinski definition) is 3. The van der Waals surface area contributed by atoms with Crippen molar-refractivity contribution < 1.29 is 9.90 Å². The fraction of sp³-hybridized carbons (Fsp3) is 0.500. The number of aliphatic hydroxyl groups is 1. The van der Waals surface area contributed by atoms with E-state index in [9.17, 15) is 9.90 Å². The molecular formula is C14H21N5O2. The van der Waals surface area contributed by atoms with Crippen molar-refractivity contribution in [3.8, 4) is 0 Å². The molecule has 0 aliphatic heterocycles. The number of H-pyrrole nitrogens is 1. The molecule has 21 heavy (non-hydrogen) atoms. The summed E-state index contributed by atoms with van der Waals surface area (Å²) in [7, 11) is 1.77. The third kappa shape index (κ3) is 3.49. The monoisotopic (exact) mass is 291 g/mol. The summed E-state index contributed by atoms with van der Waals surface area (Å²) in [6.07, 6.45) is 3.30. The second-order valence-electron chi connectivity index (χ2n) is 5.72. The van der Waals surface area contributed by atoms with E-state index in [1.165, 1.54) is 0 Å². The second-order valence-corrected chi connectivity index (χ2v) is 5.72. The summed E-state index contributed by atoms with van der Waals surface area (Å²) in [5.41, 5.74) is 0.691. The Kier molecular flexibility index (Phi) is 4.13. The molecule has 1 amide bonds. The summed E-state index contributed by atoms with van der Waals surface area (Å²) in [5.74, 6) is -0.0418. The number of nitrogens with one attached hydrogen (secondary N) is 2. The zero-order valence-corrected chi connectivity index (χ0v) is 12.7. The Hall–Kier alpha value is -2.15. The molecule has 0 aliphatic rings. The number of carbonyl (C=O) groups excluding carboxylic acids is 1. The zero-order valence-electron chi connectivity index (χ0n) is 12.7. The predicted molar refractivity (Wildman–Crippen MR) is 77.8 cm³/mol. The lowest BCUT2D eigenvalue weighted by atomic mass is 10.00. The van der Waals surface area contributed by atoms with Crippen LogP contribution in [-0.4, -0.2) is 37.5 Å². The summed E-state index contributed by atoms with van der Waals surface area (Å²) >= 11 is 0. The second kappa shape index (κ2) is 5.69. The van der Waals surface area contributed by atoms with E-state index in [1.54, 1.807) is 37.1 Å². The summed E-state index contributed by atoms with van der Waals surface area (Å²) in [6, 6.07) is 1.72. The lowest BCUT2D eigenvalue weighted by Gasteiger charge is -2.21. The highest BCUT2D eigenvalue weighted by Crippen LogP contribution is 2.18. The highest BCUT2D eigenvalue weighted by molar-refractivity contribution is 5.92. The molecule has 0 spiro atoms. The topological polar surface area (TPSA) is 95.8 Å². The smallest absolute Gasteiger partial charge is 0.271 e. The maximum absolute atomic E-state index is 12.0. The van der Waals surface area contributed by atoms with Gasteiger partial charge >= 0.3 is 0 Å². The Balaban J connectivity index is 1.99. The van der Waals surface area contributed by atoms with Crippen molar-refractivity contribution in [1.29, 1.82) is 0 Å². The van der Waals surface area contributed by atoms with Gasteiger partial charge in [-0.05, 0) is 18.9 Å². The van der Waals surface area contributed by atoms with Gasteiger partial charge in [-0.25, -0.2) is 0 Å². The standard InChI is InChI=1S/C14H21N5O2/c1-9(2)11-5-12(18-17-11)13(20)15-8-14(3,21)10-6-16-19(4)7-10/h5-7,9,21H,8H2,1-4H3,(H,15,20)(H,17,18). The van der Waals surface area contributed by atoms with Crippen molar-refractivity contribution in [3.05, 3.63) is 35.4 Å². The van der Waals surface area contributed by atoms with E-state index in [4.69, 9.17) is 0 Å². The van der Waals surface area contributed by atoms with Gasteiger partial charge in [0.25, 0.3) is 5.91 Å². The quantitative estimate of drug-likeness (QED) is 0.762. The molecule has 1 atom stereocenters. The number of amides is 1. The minimum absolute atomic E-state index is 0.0847. The first kappa shape index (κ1) is 15.2. The number of hydrogen-bond acceptors (Lipinski definition) is 4. The van der Waals surface area contributed by atoms with Crippen molar-refractivity contribution in [2.45, 2.75) is 32.3 Å². The number of aryl methyl sites for hydroxylation is 1. The first-order valence-corrected chi connectivity index (χ1v) is 6.84. The summed E-state index contributed by atoms with van der Waals surface area (Å²) in [5, 5.41) is 23.9. The van der Waals surface area contributed by atoms with Crippen LogP contribution in [0.4, 0.5) is 0 Å². The molecular weight excluding hydrogens is 270 g/mol. The highest BCUT2D eigenvalue weighted by Gasteiger charge is 2.26. The summed E-state index contributed by atoms with van der Waals surface area (Å²) in [4.78, 5) is 12.0. The minimum Gasteiger partial charge on any atom is -0.383 e. The molecule has 2 aromatic rings. The lowest BCUT2D eigenvalue weighted by molar-refractivity contribution is 0.0524. The molecule has 3 N–H and O–H groups in total. The van der Waals surface area contributed by atoms with Gasteiger partial charge in [0.15, 0.2) is 0 Å². The third-order valence-electron chi connectivity index (χ3n) is 3.37. The van der Waals surface area contributed by atoms with E-state index >= 15 is 0 Å². The van der Waals surface area contributed by atoms with Crippen LogP contribution in [0.15, 0.2) is 18.5 Å². The van der Waals surface area contributed by atoms with Crippen LogP contribution >= 0.6 is 0 Å². The molecule has 7 heteroatoms. The molecule has 2 aromatic heterocycles. The molecule has 0 aliphatic carbocycles. The van der Waals surface area contributed by atoms with Gasteiger partial charge in [0.2, 0.25) is 0 Å². The van der Waals surface area contributed by atoms with Crippen LogP contribution in [0, 0.1) is 0 Å². The first-order chi connectivity index (χ1) is 9.79. The van der Waals surface area contributed by atoms with E-state index in [0.29, 0.717) is 11.3 Å². The minimum atomic E-state index is -1.18. The Morgan fingerprint density at radius 1 is 1.57 bits per heavy atom. The van der Waals surface area contributed by atoms with Gasteiger partial charge in [-0.2, -0.15) is 10.2 Å². The van der Waals surface area contributed by atoms with Gasteiger partial charge in [-0.15, -0.1) is 0 Å². The van der Waals surface area contributed by atoms with E-state index in [1.807, 2.05) is 13.8 Å². The largest absolute Gasteiger partial charge is 0.383 e. The third-order valence-corrected chi connectivity index (χ3v) is 3.37. The van der Waals surface area contributed by atoms with Gasteiger partial charge in [-0.3, -0.25) is 14.6 Å². The van der Waals surface area contributed by atoms with Gasteiger partial charge in [-0.1, -0.05) is 13.8 Å². The SMILES string of the molecule is CC(C)c1cc(C(=O)NCC(C)(O)c2cnn(C)c2)n[nH]1. The van der Waals surface area contributed by atoms with E-state index in [2.05, 4.69) is 20.6 Å². The maximum atomic E-state index is 12.0. The average molecular weight is 291 g/mol. The van der Waals surface area contributed by atoms with Gasteiger partial charge < -0.3 is 10.4 Å². The van der Waals surface area contributed by atoms with E-state index < -0.39 is 5.60 Å². The molecule has 2 rings (SSSR count). The van der Waals surface area contributed by atoms with Crippen molar-refractivity contribution in [1.82, 2.24) is 25.3 Å². The molecule has 7 nitrogen and oxygen atoms in total. The molecule has 0 saturated carbocycles. The number of aromatic nitrogens is 4. The molecule has 0 radical (unpaired) electrons. The highest BCUT2D eigenvalue weighted by atomic mass is 16.3. The van der Waals surface area contributed by atoms with Gasteiger partial charge in [0, 0.05) is 24.5 Å². The van der Waals surface area contributed by atoms with Gasteiger partial charge in [0.05, 0.1) is 12.7 Å². The van der Waals surface area contributed by atoms with Crippen molar-refractivity contribution in [3.63, 3.8) is 0 Å². The molecule has 0 fully saturated rings. The molecule has 0 saturated heterocycles. The molecule has 0 aromatic carbocycles. The number of rotatable bonds is 5.